The van der Waals surface area contributed by atoms with Crippen molar-refractivity contribution in [2.45, 2.75) is 31.0 Å². The Kier molecular flexibility index (Phi) is 7.50. The van der Waals surface area contributed by atoms with E-state index in [1.54, 1.807) is 31.5 Å². The fraction of sp³-hybridized carbons (Fsp3) is 0.370. The Morgan fingerprint density at radius 1 is 1.22 bits per heavy atom. The van der Waals surface area contributed by atoms with Gasteiger partial charge >= 0.3 is 0 Å². The van der Waals surface area contributed by atoms with Crippen molar-refractivity contribution >= 4 is 16.6 Å². The number of benzene rings is 2. The summed E-state index contributed by atoms with van der Waals surface area (Å²) < 4.78 is 16.2. The Balaban J connectivity index is 1.25. The monoisotopic (exact) mass is 506 g/mol. The normalized spacial score (nSPS) is 18.1. The first kappa shape index (κ1) is 24.9. The average molecular weight is 507 g/mol. The molecule has 0 saturated carbocycles. The SMILES string of the molecule is COc1ccc2nccc([C@@H](O)CN3CCC(NC(C4=COCO4)c4ccccc4[N+](=O)[O-])CC3)c2c1. The van der Waals surface area contributed by atoms with Gasteiger partial charge in [0.05, 0.1) is 29.2 Å². The molecular formula is C27H30N4O6. The molecule has 2 aromatic carbocycles. The third-order valence-corrected chi connectivity index (χ3v) is 6.98. The molecule has 2 N–H and O–H groups in total. The number of fused-ring (bicyclic) bond motifs is 1. The smallest absolute Gasteiger partial charge is 0.274 e. The molecule has 2 aliphatic heterocycles. The standard InChI is InChI=1S/C27H30N4O6/c1-35-19-6-7-23-22(14-19)20(8-11-28-23)25(32)15-30-12-9-18(10-13-30)29-27(26-16-36-17-37-26)21-4-2-3-5-24(21)31(33)34/h2-8,11,14,16,18,25,27,29,32H,9-10,12-13,15,17H2,1H3/t25-,27?/m0/s1. The molecule has 0 bridgehead atoms. The predicted octanol–water partition coefficient (Wildman–Crippen LogP) is 3.83. The number of piperidine rings is 1. The summed E-state index contributed by atoms with van der Waals surface area (Å²) in [6.45, 7) is 2.15. The number of hydrogen-bond acceptors (Lipinski definition) is 9. The lowest BCUT2D eigenvalue weighted by Crippen LogP contribution is -2.45. The topological polar surface area (TPSA) is 119 Å². The highest BCUT2D eigenvalue weighted by Crippen LogP contribution is 2.34. The van der Waals surface area contributed by atoms with Gasteiger partial charge in [0.1, 0.15) is 18.1 Å². The highest BCUT2D eigenvalue weighted by atomic mass is 16.7. The van der Waals surface area contributed by atoms with Crippen molar-refractivity contribution in [1.29, 1.82) is 0 Å². The number of nitro benzene ring substituents is 1. The van der Waals surface area contributed by atoms with E-state index in [1.807, 2.05) is 24.3 Å². The molecule has 3 aromatic rings. The van der Waals surface area contributed by atoms with E-state index in [0.29, 0.717) is 17.9 Å². The summed E-state index contributed by atoms with van der Waals surface area (Å²) in [5, 5.41) is 27.2. The average Bonchev–Trinajstić information content (AvgIpc) is 3.46. The maximum atomic E-state index is 11.7. The maximum Gasteiger partial charge on any atom is 0.274 e. The summed E-state index contributed by atoms with van der Waals surface area (Å²) in [6.07, 6.45) is 4.21. The Morgan fingerprint density at radius 2 is 2.03 bits per heavy atom. The second kappa shape index (κ2) is 11.1. The molecule has 5 rings (SSSR count). The van der Waals surface area contributed by atoms with Crippen molar-refractivity contribution in [2.24, 2.45) is 0 Å². The minimum absolute atomic E-state index is 0.0400. The van der Waals surface area contributed by atoms with Gasteiger partial charge in [0.15, 0.2) is 5.76 Å². The fourth-order valence-corrected chi connectivity index (χ4v) is 5.05. The lowest BCUT2D eigenvalue weighted by Gasteiger charge is -2.35. The van der Waals surface area contributed by atoms with Crippen LogP contribution in [0.5, 0.6) is 5.75 Å². The first-order valence-corrected chi connectivity index (χ1v) is 12.3. The predicted molar refractivity (Wildman–Crippen MR) is 137 cm³/mol. The van der Waals surface area contributed by atoms with E-state index in [4.69, 9.17) is 14.2 Å². The van der Waals surface area contributed by atoms with E-state index in [0.717, 1.165) is 48.1 Å². The number of aliphatic hydroxyl groups excluding tert-OH is 1. The number of likely N-dealkylation sites (tertiary alicyclic amines) is 1. The van der Waals surface area contributed by atoms with Crippen LogP contribution in [0.2, 0.25) is 0 Å². The minimum atomic E-state index is -0.670. The van der Waals surface area contributed by atoms with Gasteiger partial charge in [0.2, 0.25) is 6.79 Å². The molecule has 0 amide bonds. The van der Waals surface area contributed by atoms with E-state index in [9.17, 15) is 15.2 Å². The lowest BCUT2D eigenvalue weighted by molar-refractivity contribution is -0.385. The lowest BCUT2D eigenvalue weighted by atomic mass is 9.98. The number of β-amino-alcohol motifs (C(OH)–C–C–N with tert-alkyl or cyclic N) is 1. The first-order chi connectivity index (χ1) is 18.0. The number of pyridine rings is 1. The van der Waals surface area contributed by atoms with Gasteiger partial charge in [0, 0.05) is 30.2 Å². The second-order valence-corrected chi connectivity index (χ2v) is 9.24. The van der Waals surface area contributed by atoms with Crippen LogP contribution >= 0.6 is 0 Å². The highest BCUT2D eigenvalue weighted by Gasteiger charge is 2.32. The summed E-state index contributed by atoms with van der Waals surface area (Å²) in [7, 11) is 1.62. The number of nitrogens with one attached hydrogen (secondary N) is 1. The van der Waals surface area contributed by atoms with Gasteiger partial charge in [-0.2, -0.15) is 0 Å². The zero-order valence-corrected chi connectivity index (χ0v) is 20.6. The van der Waals surface area contributed by atoms with Crippen molar-refractivity contribution in [3.63, 3.8) is 0 Å². The molecule has 0 aliphatic carbocycles. The van der Waals surface area contributed by atoms with E-state index in [2.05, 4.69) is 15.2 Å². The van der Waals surface area contributed by atoms with Crippen LogP contribution in [-0.4, -0.2) is 59.5 Å². The summed E-state index contributed by atoms with van der Waals surface area (Å²) in [4.78, 5) is 17.9. The van der Waals surface area contributed by atoms with Gasteiger partial charge < -0.3 is 29.5 Å². The van der Waals surface area contributed by atoms with Crippen LogP contribution < -0.4 is 10.1 Å². The van der Waals surface area contributed by atoms with E-state index < -0.39 is 12.1 Å². The molecule has 2 atom stereocenters. The number of hydrogen-bond donors (Lipinski definition) is 2. The number of ether oxygens (including phenoxy) is 3. The summed E-state index contributed by atoms with van der Waals surface area (Å²) in [5.41, 5.74) is 2.22. The van der Waals surface area contributed by atoms with Crippen LogP contribution in [0.4, 0.5) is 5.69 Å². The number of rotatable bonds is 9. The van der Waals surface area contributed by atoms with Crippen molar-refractivity contribution in [3.8, 4) is 5.75 Å². The first-order valence-electron chi connectivity index (χ1n) is 12.3. The molecular weight excluding hydrogens is 476 g/mol. The zero-order chi connectivity index (χ0) is 25.8. The Bertz CT molecular complexity index is 1290. The van der Waals surface area contributed by atoms with Crippen molar-refractivity contribution < 1.29 is 24.2 Å². The van der Waals surface area contributed by atoms with E-state index in [1.165, 1.54) is 12.3 Å². The summed E-state index contributed by atoms with van der Waals surface area (Å²) in [5.74, 6) is 1.26. The molecule has 0 radical (unpaired) electrons. The molecule has 1 unspecified atom stereocenters. The summed E-state index contributed by atoms with van der Waals surface area (Å²) in [6, 6.07) is 13.8. The van der Waals surface area contributed by atoms with Crippen molar-refractivity contribution in [3.05, 3.63) is 88.0 Å². The highest BCUT2D eigenvalue weighted by molar-refractivity contribution is 5.83. The molecule has 37 heavy (non-hydrogen) atoms. The van der Waals surface area contributed by atoms with E-state index >= 15 is 0 Å². The Hall–Kier alpha value is -3.73. The third kappa shape index (κ3) is 5.51. The quantitative estimate of drug-likeness (QED) is 0.330. The Morgan fingerprint density at radius 3 is 2.76 bits per heavy atom. The van der Waals surface area contributed by atoms with Gasteiger partial charge in [-0.05, 0) is 55.8 Å². The largest absolute Gasteiger partial charge is 0.497 e. The number of nitro groups is 1. The van der Waals surface area contributed by atoms with Crippen molar-refractivity contribution in [1.82, 2.24) is 15.2 Å². The Labute approximate surface area is 214 Å². The molecule has 10 nitrogen and oxygen atoms in total. The van der Waals surface area contributed by atoms with Crippen LogP contribution in [0.25, 0.3) is 10.9 Å². The molecule has 1 saturated heterocycles. The fourth-order valence-electron chi connectivity index (χ4n) is 5.05. The zero-order valence-electron chi connectivity index (χ0n) is 20.6. The number of methoxy groups -OCH3 is 1. The van der Waals surface area contributed by atoms with Crippen LogP contribution in [0.15, 0.2) is 66.7 Å². The van der Waals surface area contributed by atoms with E-state index in [-0.39, 0.29) is 23.4 Å². The molecule has 0 spiro atoms. The molecule has 194 valence electrons. The number of aliphatic hydroxyl groups is 1. The molecule has 10 heteroatoms. The van der Waals surface area contributed by atoms with Crippen LogP contribution in [-0.2, 0) is 9.47 Å². The van der Waals surface area contributed by atoms with Gasteiger partial charge in [-0.3, -0.25) is 15.1 Å². The molecule has 2 aliphatic rings. The number of para-hydroxylation sites is 1. The maximum absolute atomic E-state index is 11.7. The van der Waals surface area contributed by atoms with Gasteiger partial charge in [-0.1, -0.05) is 18.2 Å². The van der Waals surface area contributed by atoms with Gasteiger partial charge in [-0.25, -0.2) is 0 Å². The van der Waals surface area contributed by atoms with Crippen LogP contribution in [0, 0.1) is 10.1 Å². The van der Waals surface area contributed by atoms with Gasteiger partial charge in [0.25, 0.3) is 5.69 Å². The van der Waals surface area contributed by atoms with Gasteiger partial charge in [-0.15, -0.1) is 0 Å². The van der Waals surface area contributed by atoms with Crippen LogP contribution in [0.3, 0.4) is 0 Å². The van der Waals surface area contributed by atoms with Crippen LogP contribution in [0.1, 0.15) is 36.1 Å². The second-order valence-electron chi connectivity index (χ2n) is 9.24. The molecule has 1 aromatic heterocycles. The number of nitrogens with zero attached hydrogens (tertiary/aromatic N) is 3. The molecule has 1 fully saturated rings. The van der Waals surface area contributed by atoms with Crippen molar-refractivity contribution in [2.75, 3.05) is 33.5 Å². The molecule has 3 heterocycles. The third-order valence-electron chi connectivity index (χ3n) is 6.98. The minimum Gasteiger partial charge on any atom is -0.497 e. The summed E-state index contributed by atoms with van der Waals surface area (Å²) >= 11 is 0. The number of aromatic nitrogens is 1.